The molecule has 6 nitrogen and oxygen atoms in total. The molecule has 25 heavy (non-hydrogen) atoms. The molecule has 1 atom stereocenters. The van der Waals surface area contributed by atoms with E-state index in [1.54, 1.807) is 18.2 Å². The van der Waals surface area contributed by atoms with Crippen LogP contribution in [0.5, 0.6) is 11.5 Å². The van der Waals surface area contributed by atoms with E-state index in [1.165, 1.54) is 37.3 Å². The smallest absolute Gasteiger partial charge is 0.387 e. The maximum absolute atomic E-state index is 12.4. The van der Waals surface area contributed by atoms with E-state index in [0.717, 1.165) is 0 Å². The SMILES string of the molecule is C[C@H](Oc1ccccc1C(N)=O)C(=O)Nc1ccccc1OC(F)F. The zero-order chi connectivity index (χ0) is 18.4. The number of hydrogen-bond donors (Lipinski definition) is 2. The average molecular weight is 350 g/mol. The summed E-state index contributed by atoms with van der Waals surface area (Å²) in [7, 11) is 0. The number of benzene rings is 2. The van der Waals surface area contributed by atoms with Gasteiger partial charge in [-0.2, -0.15) is 8.78 Å². The van der Waals surface area contributed by atoms with Gasteiger partial charge in [-0.3, -0.25) is 9.59 Å². The van der Waals surface area contributed by atoms with Crippen molar-refractivity contribution in [1.29, 1.82) is 0 Å². The van der Waals surface area contributed by atoms with Crippen molar-refractivity contribution < 1.29 is 27.8 Å². The molecule has 8 heteroatoms. The predicted molar refractivity (Wildman–Crippen MR) is 86.8 cm³/mol. The second-order valence-electron chi connectivity index (χ2n) is 4.98. The highest BCUT2D eigenvalue weighted by molar-refractivity contribution is 5.97. The molecule has 2 rings (SSSR count). The van der Waals surface area contributed by atoms with E-state index in [2.05, 4.69) is 10.1 Å². The lowest BCUT2D eigenvalue weighted by atomic mass is 10.2. The molecule has 2 aromatic rings. The van der Waals surface area contributed by atoms with Crippen LogP contribution in [0.15, 0.2) is 48.5 Å². The highest BCUT2D eigenvalue weighted by atomic mass is 19.3. The Morgan fingerprint density at radius 2 is 1.60 bits per heavy atom. The number of hydrogen-bond acceptors (Lipinski definition) is 4. The van der Waals surface area contributed by atoms with Crippen molar-refractivity contribution >= 4 is 17.5 Å². The summed E-state index contributed by atoms with van der Waals surface area (Å²) in [6, 6.07) is 12.0. The van der Waals surface area contributed by atoms with Crippen molar-refractivity contribution in [3.63, 3.8) is 0 Å². The van der Waals surface area contributed by atoms with Gasteiger partial charge in [-0.15, -0.1) is 0 Å². The fourth-order valence-corrected chi connectivity index (χ4v) is 2.02. The van der Waals surface area contributed by atoms with Crippen molar-refractivity contribution in [2.45, 2.75) is 19.6 Å². The minimum Gasteiger partial charge on any atom is -0.480 e. The maximum Gasteiger partial charge on any atom is 0.387 e. The topological polar surface area (TPSA) is 90.7 Å². The predicted octanol–water partition coefficient (Wildman–Crippen LogP) is 2.79. The number of halogens is 2. The summed E-state index contributed by atoms with van der Waals surface area (Å²) in [6.45, 7) is -1.57. The Morgan fingerprint density at radius 3 is 2.24 bits per heavy atom. The molecule has 0 aliphatic rings. The fraction of sp³-hybridized carbons (Fsp3) is 0.176. The van der Waals surface area contributed by atoms with Gasteiger partial charge in [-0.25, -0.2) is 0 Å². The van der Waals surface area contributed by atoms with E-state index in [1.807, 2.05) is 0 Å². The van der Waals surface area contributed by atoms with Crippen LogP contribution in [-0.4, -0.2) is 24.5 Å². The lowest BCUT2D eigenvalue weighted by molar-refractivity contribution is -0.122. The van der Waals surface area contributed by atoms with Crippen molar-refractivity contribution in [2.75, 3.05) is 5.32 Å². The first-order valence-electron chi connectivity index (χ1n) is 7.28. The molecule has 0 radical (unpaired) electrons. The number of anilines is 1. The lowest BCUT2D eigenvalue weighted by Gasteiger charge is -2.17. The van der Waals surface area contributed by atoms with Crippen molar-refractivity contribution in [3.05, 3.63) is 54.1 Å². The highest BCUT2D eigenvalue weighted by Crippen LogP contribution is 2.26. The fourth-order valence-electron chi connectivity index (χ4n) is 2.02. The van der Waals surface area contributed by atoms with Gasteiger partial charge >= 0.3 is 6.61 Å². The maximum atomic E-state index is 12.4. The molecule has 3 N–H and O–H groups in total. The van der Waals surface area contributed by atoms with Gasteiger partial charge < -0.3 is 20.5 Å². The molecule has 2 amide bonds. The third-order valence-corrected chi connectivity index (χ3v) is 3.19. The Hall–Kier alpha value is -3.16. The third-order valence-electron chi connectivity index (χ3n) is 3.19. The van der Waals surface area contributed by atoms with Crippen LogP contribution >= 0.6 is 0 Å². The molecule has 0 aliphatic heterocycles. The summed E-state index contributed by atoms with van der Waals surface area (Å²) in [5, 5.41) is 2.45. The molecule has 0 saturated carbocycles. The van der Waals surface area contributed by atoms with Gasteiger partial charge in [0.15, 0.2) is 6.10 Å². The zero-order valence-corrected chi connectivity index (χ0v) is 13.2. The molecule has 132 valence electrons. The number of carbonyl (C=O) groups excluding carboxylic acids is 2. The summed E-state index contributed by atoms with van der Waals surface area (Å²) >= 11 is 0. The monoisotopic (exact) mass is 350 g/mol. The summed E-state index contributed by atoms with van der Waals surface area (Å²) in [5.41, 5.74) is 5.45. The van der Waals surface area contributed by atoms with Gasteiger partial charge in [-0.05, 0) is 31.2 Å². The van der Waals surface area contributed by atoms with Crippen LogP contribution in [0.25, 0.3) is 0 Å². The van der Waals surface area contributed by atoms with Crippen LogP contribution in [0.1, 0.15) is 17.3 Å². The van der Waals surface area contributed by atoms with Crippen molar-refractivity contribution in [2.24, 2.45) is 5.73 Å². The molecule has 2 aromatic carbocycles. The van der Waals surface area contributed by atoms with Crippen LogP contribution in [-0.2, 0) is 4.79 Å². The Bertz CT molecular complexity index is 768. The van der Waals surface area contributed by atoms with Gasteiger partial charge in [0.25, 0.3) is 11.8 Å². The van der Waals surface area contributed by atoms with Gasteiger partial charge in [-0.1, -0.05) is 24.3 Å². The highest BCUT2D eigenvalue weighted by Gasteiger charge is 2.19. The zero-order valence-electron chi connectivity index (χ0n) is 13.2. The molecule has 0 unspecified atom stereocenters. The molecule has 0 saturated heterocycles. The number of carbonyl (C=O) groups is 2. The second kappa shape index (κ2) is 8.09. The van der Waals surface area contributed by atoms with E-state index in [-0.39, 0.29) is 22.7 Å². The summed E-state index contributed by atoms with van der Waals surface area (Å²) in [5.74, 6) is -1.33. The van der Waals surface area contributed by atoms with E-state index in [9.17, 15) is 18.4 Å². The largest absolute Gasteiger partial charge is 0.480 e. The number of ether oxygens (including phenoxy) is 2. The van der Waals surface area contributed by atoms with Crippen LogP contribution in [0.3, 0.4) is 0 Å². The third kappa shape index (κ3) is 4.90. The number of nitrogens with one attached hydrogen (secondary N) is 1. The average Bonchev–Trinajstić information content (AvgIpc) is 2.56. The van der Waals surface area contributed by atoms with E-state index in [4.69, 9.17) is 10.5 Å². The van der Waals surface area contributed by atoms with Crippen LogP contribution < -0.4 is 20.5 Å². The summed E-state index contributed by atoms with van der Waals surface area (Å²) in [4.78, 5) is 23.6. The van der Waals surface area contributed by atoms with Gasteiger partial charge in [0.2, 0.25) is 0 Å². The molecular weight excluding hydrogens is 334 g/mol. The quantitative estimate of drug-likeness (QED) is 0.803. The van der Waals surface area contributed by atoms with E-state index < -0.39 is 24.5 Å². The molecule has 0 aliphatic carbocycles. The van der Waals surface area contributed by atoms with Crippen LogP contribution in [0.4, 0.5) is 14.5 Å². The Balaban J connectivity index is 2.10. The summed E-state index contributed by atoms with van der Waals surface area (Å²) < 4.78 is 34.6. The first-order chi connectivity index (χ1) is 11.9. The standard InChI is InChI=1S/C17H16F2N2O4/c1-10(24-13-8-4-2-6-11(13)15(20)22)16(23)21-12-7-3-5-9-14(12)25-17(18)19/h2-10,17H,1H3,(H2,20,22)(H,21,23)/t10-/m0/s1. The summed E-state index contributed by atoms with van der Waals surface area (Å²) in [6.07, 6.45) is -1.01. The Morgan fingerprint density at radius 1 is 1.00 bits per heavy atom. The molecule has 0 fully saturated rings. The number of primary amides is 1. The first-order valence-corrected chi connectivity index (χ1v) is 7.28. The minimum absolute atomic E-state index is 0.0754. The normalized spacial score (nSPS) is 11.7. The first kappa shape index (κ1) is 18.2. The van der Waals surface area contributed by atoms with Gasteiger partial charge in [0.1, 0.15) is 11.5 Å². The van der Waals surface area contributed by atoms with Crippen molar-refractivity contribution in [1.82, 2.24) is 0 Å². The van der Waals surface area contributed by atoms with Gasteiger partial charge in [0.05, 0.1) is 11.3 Å². The number of amides is 2. The molecule has 0 bridgehead atoms. The molecular formula is C17H16F2N2O4. The number of rotatable bonds is 7. The second-order valence-corrected chi connectivity index (χ2v) is 4.98. The Kier molecular flexibility index (Phi) is 5.89. The van der Waals surface area contributed by atoms with Crippen LogP contribution in [0, 0.1) is 0 Å². The van der Waals surface area contributed by atoms with Crippen molar-refractivity contribution in [3.8, 4) is 11.5 Å². The molecule has 0 heterocycles. The Labute approximate surface area is 142 Å². The van der Waals surface area contributed by atoms with E-state index >= 15 is 0 Å². The minimum atomic E-state index is -3.02. The van der Waals surface area contributed by atoms with Gasteiger partial charge in [0, 0.05) is 0 Å². The van der Waals surface area contributed by atoms with Crippen LogP contribution in [0.2, 0.25) is 0 Å². The number of nitrogens with two attached hydrogens (primary N) is 1. The molecule has 0 spiro atoms. The van der Waals surface area contributed by atoms with E-state index in [0.29, 0.717) is 0 Å². The lowest BCUT2D eigenvalue weighted by Crippen LogP contribution is -2.31. The molecule has 0 aromatic heterocycles. The number of para-hydroxylation sites is 3. The number of alkyl halides is 2.